The van der Waals surface area contributed by atoms with Crippen LogP contribution in [0.4, 0.5) is 0 Å². The summed E-state index contributed by atoms with van der Waals surface area (Å²) >= 11 is 0. The van der Waals surface area contributed by atoms with Gasteiger partial charge in [-0.05, 0) is 49.1 Å². The second-order valence-electron chi connectivity index (χ2n) is 8.53. The van der Waals surface area contributed by atoms with Gasteiger partial charge in [0, 0.05) is 16.7 Å². The van der Waals surface area contributed by atoms with E-state index in [1.165, 1.54) is 6.39 Å². The number of rotatable bonds is 2. The van der Waals surface area contributed by atoms with Crippen LogP contribution in [0, 0.1) is 11.2 Å². The maximum atomic E-state index is 5.56. The Morgan fingerprint density at radius 1 is 1.06 bits per heavy atom. The van der Waals surface area contributed by atoms with E-state index >= 15 is 0 Å². The SMILES string of the molecule is C[C@H]1N=C(c2ccccc2)c2cc(C#CS(C)(C)C)ccc2-n2cnc(-c3cnco3)c21. The van der Waals surface area contributed by atoms with Crippen LogP contribution in [-0.2, 0) is 0 Å². The van der Waals surface area contributed by atoms with Crippen molar-refractivity contribution in [2.75, 3.05) is 18.8 Å². The number of benzene rings is 2. The van der Waals surface area contributed by atoms with E-state index in [0.29, 0.717) is 5.76 Å². The zero-order chi connectivity index (χ0) is 22.3. The van der Waals surface area contributed by atoms with E-state index in [9.17, 15) is 0 Å². The van der Waals surface area contributed by atoms with Gasteiger partial charge in [0.1, 0.15) is 12.0 Å². The minimum absolute atomic E-state index is 0.131. The fourth-order valence-electron chi connectivity index (χ4n) is 3.85. The molecule has 5 nitrogen and oxygen atoms in total. The molecule has 5 rings (SSSR count). The van der Waals surface area contributed by atoms with Gasteiger partial charge in [-0.25, -0.2) is 9.97 Å². The van der Waals surface area contributed by atoms with Crippen LogP contribution >= 0.6 is 10.0 Å². The van der Waals surface area contributed by atoms with E-state index in [2.05, 4.69) is 81.7 Å². The van der Waals surface area contributed by atoms with Crippen molar-refractivity contribution >= 4 is 15.7 Å². The van der Waals surface area contributed by atoms with Crippen molar-refractivity contribution in [3.05, 3.63) is 89.8 Å². The number of oxazole rings is 1. The lowest BCUT2D eigenvalue weighted by atomic mass is 9.98. The Bertz CT molecular complexity index is 1370. The molecule has 0 saturated heterocycles. The molecule has 0 spiro atoms. The first-order chi connectivity index (χ1) is 15.4. The third-order valence-electron chi connectivity index (χ3n) is 5.25. The van der Waals surface area contributed by atoms with Gasteiger partial charge in [-0.2, -0.15) is 10.0 Å². The number of hydrogen-bond donors (Lipinski definition) is 0. The molecule has 0 fully saturated rings. The van der Waals surface area contributed by atoms with Crippen molar-refractivity contribution in [1.29, 1.82) is 0 Å². The molecule has 4 aromatic rings. The predicted octanol–water partition coefficient (Wildman–Crippen LogP) is 5.44. The van der Waals surface area contributed by atoms with Crippen molar-refractivity contribution in [3.63, 3.8) is 0 Å². The Morgan fingerprint density at radius 3 is 2.59 bits per heavy atom. The Labute approximate surface area is 189 Å². The average Bonchev–Trinajstić information content (AvgIpc) is 3.43. The highest BCUT2D eigenvalue weighted by Crippen LogP contribution is 2.37. The molecule has 0 saturated carbocycles. The molecule has 0 radical (unpaired) electrons. The third kappa shape index (κ3) is 3.76. The van der Waals surface area contributed by atoms with Crippen LogP contribution in [0.1, 0.15) is 35.3 Å². The summed E-state index contributed by atoms with van der Waals surface area (Å²) in [6, 6.07) is 16.5. The van der Waals surface area contributed by atoms with Gasteiger partial charge < -0.3 is 4.42 Å². The van der Waals surface area contributed by atoms with Crippen LogP contribution in [0.15, 0.2) is 76.9 Å². The monoisotopic (exact) mass is 440 g/mol. The van der Waals surface area contributed by atoms with E-state index in [4.69, 9.17) is 9.41 Å². The van der Waals surface area contributed by atoms with Gasteiger partial charge in [0.2, 0.25) is 0 Å². The lowest BCUT2D eigenvalue weighted by Gasteiger charge is -2.15. The first-order valence-electron chi connectivity index (χ1n) is 10.4. The first kappa shape index (κ1) is 20.3. The van der Waals surface area contributed by atoms with Crippen LogP contribution in [-0.4, -0.2) is 39.0 Å². The highest BCUT2D eigenvalue weighted by molar-refractivity contribution is 8.35. The molecule has 0 unspecified atom stereocenters. The lowest BCUT2D eigenvalue weighted by molar-refractivity contribution is 0.568. The Kier molecular flexibility index (Phi) is 4.99. The summed E-state index contributed by atoms with van der Waals surface area (Å²) in [5.41, 5.74) is 6.82. The molecule has 0 bridgehead atoms. The molecule has 0 amide bonds. The van der Waals surface area contributed by atoms with Gasteiger partial charge in [-0.1, -0.05) is 36.3 Å². The molecule has 2 aromatic carbocycles. The molecule has 1 aliphatic heterocycles. The van der Waals surface area contributed by atoms with Crippen molar-refractivity contribution in [3.8, 4) is 28.3 Å². The van der Waals surface area contributed by atoms with Crippen molar-refractivity contribution in [2.24, 2.45) is 4.99 Å². The molecular formula is C26H24N4OS. The van der Waals surface area contributed by atoms with Gasteiger partial charge in [0.05, 0.1) is 29.3 Å². The van der Waals surface area contributed by atoms with Gasteiger partial charge in [-0.3, -0.25) is 9.56 Å². The van der Waals surface area contributed by atoms with Crippen molar-refractivity contribution in [1.82, 2.24) is 14.5 Å². The zero-order valence-electron chi connectivity index (χ0n) is 18.5. The topological polar surface area (TPSA) is 56.2 Å². The Hall–Kier alpha value is -3.56. The second kappa shape index (κ2) is 7.85. The largest absolute Gasteiger partial charge is 0.442 e. The quantitative estimate of drug-likeness (QED) is 0.390. The van der Waals surface area contributed by atoms with E-state index in [0.717, 1.165) is 39.5 Å². The van der Waals surface area contributed by atoms with Crippen LogP contribution in [0.3, 0.4) is 0 Å². The van der Waals surface area contributed by atoms with E-state index < -0.39 is 10.0 Å². The standard InChI is InChI=1S/C26H24N4OS/c1-18-26-25(23-15-27-17-31-23)28-16-30(26)22-11-10-19(12-13-32(2,3)4)14-21(22)24(29-18)20-8-6-5-7-9-20/h5-11,14-18H,1-4H3/t18-/m1/s1. The first-order valence-corrected chi connectivity index (χ1v) is 13.2. The van der Waals surface area contributed by atoms with Gasteiger partial charge >= 0.3 is 0 Å². The third-order valence-corrected chi connectivity index (χ3v) is 5.96. The van der Waals surface area contributed by atoms with Crippen LogP contribution in [0.25, 0.3) is 17.1 Å². The molecule has 160 valence electrons. The molecule has 1 atom stereocenters. The fourth-order valence-corrected chi connectivity index (χ4v) is 4.27. The van der Waals surface area contributed by atoms with Crippen molar-refractivity contribution < 1.29 is 4.42 Å². The van der Waals surface area contributed by atoms with Gasteiger partial charge in [-0.15, -0.1) is 0 Å². The molecule has 0 N–H and O–H groups in total. The molecule has 0 aliphatic carbocycles. The summed E-state index contributed by atoms with van der Waals surface area (Å²) in [6.07, 6.45) is 11.6. The number of hydrogen-bond acceptors (Lipinski definition) is 4. The van der Waals surface area contributed by atoms with Gasteiger partial charge in [0.15, 0.2) is 12.2 Å². The highest BCUT2D eigenvalue weighted by atomic mass is 32.3. The number of nitrogens with zero attached hydrogens (tertiary/aromatic N) is 4. The summed E-state index contributed by atoms with van der Waals surface area (Å²) in [5, 5.41) is 3.42. The smallest absolute Gasteiger partial charge is 0.181 e. The molecule has 1 aliphatic rings. The lowest BCUT2D eigenvalue weighted by Crippen LogP contribution is -2.07. The van der Waals surface area contributed by atoms with Crippen LogP contribution < -0.4 is 0 Å². The van der Waals surface area contributed by atoms with E-state index in [1.807, 2.05) is 24.5 Å². The molecule has 32 heavy (non-hydrogen) atoms. The highest BCUT2D eigenvalue weighted by Gasteiger charge is 2.27. The second-order valence-corrected chi connectivity index (χ2v) is 12.4. The minimum Gasteiger partial charge on any atom is -0.442 e. The Morgan fingerprint density at radius 2 is 1.88 bits per heavy atom. The van der Waals surface area contributed by atoms with E-state index in [1.54, 1.807) is 6.20 Å². The number of aliphatic imine (C=N–C) groups is 1. The Balaban J connectivity index is 1.76. The summed E-state index contributed by atoms with van der Waals surface area (Å²) in [5.74, 6) is 4.01. The summed E-state index contributed by atoms with van der Waals surface area (Å²) in [4.78, 5) is 13.9. The number of fused-ring (bicyclic) bond motifs is 3. The molecule has 3 heterocycles. The maximum absolute atomic E-state index is 5.56. The zero-order valence-corrected chi connectivity index (χ0v) is 19.4. The van der Waals surface area contributed by atoms with Crippen molar-refractivity contribution in [2.45, 2.75) is 13.0 Å². The van der Waals surface area contributed by atoms with Crippen LogP contribution in [0.5, 0.6) is 0 Å². The molecule has 6 heteroatoms. The normalized spacial score (nSPS) is 15.6. The predicted molar refractivity (Wildman–Crippen MR) is 132 cm³/mol. The summed E-state index contributed by atoms with van der Waals surface area (Å²) in [7, 11) is -0.919. The van der Waals surface area contributed by atoms with Gasteiger partial charge in [0.25, 0.3) is 0 Å². The minimum atomic E-state index is -0.919. The number of imidazole rings is 1. The van der Waals surface area contributed by atoms with Crippen LogP contribution in [0.2, 0.25) is 0 Å². The fraction of sp³-hybridized carbons (Fsp3) is 0.192. The maximum Gasteiger partial charge on any atom is 0.181 e. The van der Waals surface area contributed by atoms with E-state index in [-0.39, 0.29) is 6.04 Å². The summed E-state index contributed by atoms with van der Waals surface area (Å²) in [6.45, 7) is 2.09. The average molecular weight is 441 g/mol. The summed E-state index contributed by atoms with van der Waals surface area (Å²) < 4.78 is 7.68. The molecular weight excluding hydrogens is 416 g/mol. The number of aromatic nitrogens is 3. The molecule has 2 aromatic heterocycles.